The van der Waals surface area contributed by atoms with Crippen molar-refractivity contribution in [1.29, 1.82) is 0 Å². The van der Waals surface area contributed by atoms with Crippen molar-refractivity contribution in [2.45, 2.75) is 51.7 Å². The van der Waals surface area contributed by atoms with Gasteiger partial charge in [-0.05, 0) is 31.2 Å². The van der Waals surface area contributed by atoms with E-state index in [4.69, 9.17) is 23.2 Å². The van der Waals surface area contributed by atoms with Gasteiger partial charge in [-0.25, -0.2) is 0 Å². The van der Waals surface area contributed by atoms with Crippen LogP contribution < -0.4 is 0 Å². The van der Waals surface area contributed by atoms with Crippen molar-refractivity contribution in [3.05, 3.63) is 68.7 Å². The van der Waals surface area contributed by atoms with Gasteiger partial charge in [-0.3, -0.25) is 19.0 Å². The number of benzene rings is 1. The molecule has 0 aliphatic carbocycles. The zero-order valence-corrected chi connectivity index (χ0v) is 20.6. The van der Waals surface area contributed by atoms with Crippen molar-refractivity contribution in [1.82, 2.24) is 29.4 Å². The first-order valence-corrected chi connectivity index (χ1v) is 12.0. The molecule has 3 aromatic rings. The first-order valence-electron chi connectivity index (χ1n) is 11.2. The van der Waals surface area contributed by atoms with E-state index in [1.807, 2.05) is 6.92 Å². The lowest BCUT2D eigenvalue weighted by Crippen LogP contribution is -2.44. The van der Waals surface area contributed by atoms with E-state index in [1.165, 1.54) is 18.3 Å². The summed E-state index contributed by atoms with van der Waals surface area (Å²) in [7, 11) is 0. The van der Waals surface area contributed by atoms with Gasteiger partial charge in [0.05, 0.1) is 41.1 Å². The summed E-state index contributed by atoms with van der Waals surface area (Å²) in [4.78, 5) is 29.9. The number of nitrogens with zero attached hydrogens (tertiary/aromatic N) is 6. The molecule has 4 heterocycles. The molecule has 0 spiro atoms. The van der Waals surface area contributed by atoms with Crippen molar-refractivity contribution in [2.24, 2.45) is 0 Å². The van der Waals surface area contributed by atoms with Crippen LogP contribution in [0.3, 0.4) is 0 Å². The maximum Gasteiger partial charge on any atom is 0.408 e. The van der Waals surface area contributed by atoms with E-state index >= 15 is 0 Å². The second kappa shape index (κ2) is 9.11. The normalized spacial score (nSPS) is 17.8. The largest absolute Gasteiger partial charge is 0.408 e. The van der Waals surface area contributed by atoms with Crippen LogP contribution in [0.1, 0.15) is 44.7 Å². The molecule has 2 amide bonds. The van der Waals surface area contributed by atoms with Gasteiger partial charge in [-0.1, -0.05) is 23.2 Å². The number of halogens is 5. The summed E-state index contributed by atoms with van der Waals surface area (Å²) in [5.74, 6) is -0.529. The number of alkyl halides is 3. The minimum absolute atomic E-state index is 0.0754. The monoisotopic (exact) mass is 540 g/mol. The van der Waals surface area contributed by atoms with Gasteiger partial charge in [-0.15, -0.1) is 0 Å². The molecule has 36 heavy (non-hydrogen) atoms. The van der Waals surface area contributed by atoms with Crippen LogP contribution in [-0.4, -0.2) is 59.9 Å². The Morgan fingerprint density at radius 3 is 2.64 bits per heavy atom. The number of hydrogen-bond donors (Lipinski definition) is 0. The molecular weight excluding hydrogens is 520 g/mol. The Labute approximate surface area is 214 Å². The first-order chi connectivity index (χ1) is 17.0. The minimum Gasteiger partial charge on any atom is -0.331 e. The standard InChI is InChI=1S/C23H21Cl2F3N6O2/c1-13-8-19-16(11-33(13)21(35)14-2-3-17(24)18(25)9-14)20-22(36)31(6-7-34(20)30-19)10-15-4-5-32(29-15)12-23(26,27)28/h2-5,9,13H,6-8,10-12H2,1H3/t13-/m1/s1. The molecule has 2 aliphatic rings. The highest BCUT2D eigenvalue weighted by Crippen LogP contribution is 2.31. The highest BCUT2D eigenvalue weighted by Gasteiger charge is 2.37. The molecule has 0 bridgehead atoms. The molecular formula is C23H21Cl2F3N6O2. The zero-order chi connectivity index (χ0) is 25.8. The van der Waals surface area contributed by atoms with E-state index < -0.39 is 12.7 Å². The number of fused-ring (bicyclic) bond motifs is 3. The lowest BCUT2D eigenvalue weighted by Gasteiger charge is -2.34. The van der Waals surface area contributed by atoms with Gasteiger partial charge < -0.3 is 9.80 Å². The van der Waals surface area contributed by atoms with E-state index in [1.54, 1.807) is 26.6 Å². The van der Waals surface area contributed by atoms with Crippen molar-refractivity contribution < 1.29 is 22.8 Å². The van der Waals surface area contributed by atoms with Gasteiger partial charge in [-0.2, -0.15) is 23.4 Å². The molecule has 0 saturated carbocycles. The summed E-state index contributed by atoms with van der Waals surface area (Å²) < 4.78 is 40.4. The van der Waals surface area contributed by atoms with Gasteiger partial charge in [0.25, 0.3) is 11.8 Å². The Hall–Kier alpha value is -3.05. The number of aromatic nitrogens is 4. The first kappa shape index (κ1) is 24.6. The van der Waals surface area contributed by atoms with Crippen molar-refractivity contribution in [3.8, 4) is 0 Å². The fourth-order valence-electron chi connectivity index (χ4n) is 4.64. The van der Waals surface area contributed by atoms with E-state index in [0.717, 1.165) is 10.4 Å². The highest BCUT2D eigenvalue weighted by molar-refractivity contribution is 6.42. The maximum absolute atomic E-state index is 13.4. The summed E-state index contributed by atoms with van der Waals surface area (Å²) in [6.45, 7) is 1.79. The molecule has 1 atom stereocenters. The molecule has 5 rings (SSSR count). The molecule has 8 nitrogen and oxygen atoms in total. The Morgan fingerprint density at radius 2 is 1.92 bits per heavy atom. The second-order valence-electron chi connectivity index (χ2n) is 8.96. The molecule has 2 aliphatic heterocycles. The molecule has 190 valence electrons. The molecule has 2 aromatic heterocycles. The SMILES string of the molecule is C[C@@H]1Cc2nn3c(c2CN1C(=O)c1ccc(Cl)c(Cl)c1)C(=O)N(Cc1ccn(CC(F)(F)F)n1)CC3. The predicted molar refractivity (Wildman–Crippen MR) is 125 cm³/mol. The average Bonchev–Trinajstić information content (AvgIpc) is 3.38. The fraction of sp³-hybridized carbons (Fsp3) is 0.391. The Morgan fingerprint density at radius 1 is 1.14 bits per heavy atom. The molecule has 0 saturated heterocycles. The molecule has 0 radical (unpaired) electrons. The topological polar surface area (TPSA) is 76.3 Å². The molecule has 1 aromatic carbocycles. The fourth-order valence-corrected chi connectivity index (χ4v) is 4.93. The smallest absolute Gasteiger partial charge is 0.331 e. The lowest BCUT2D eigenvalue weighted by molar-refractivity contribution is -0.142. The number of amides is 2. The van der Waals surface area contributed by atoms with Crippen LogP contribution in [0.15, 0.2) is 30.5 Å². The third-order valence-electron chi connectivity index (χ3n) is 6.37. The third kappa shape index (κ3) is 4.69. The summed E-state index contributed by atoms with van der Waals surface area (Å²) >= 11 is 12.1. The van der Waals surface area contributed by atoms with Gasteiger partial charge in [0, 0.05) is 36.3 Å². The van der Waals surface area contributed by atoms with E-state index in [0.29, 0.717) is 47.0 Å². The third-order valence-corrected chi connectivity index (χ3v) is 7.11. The van der Waals surface area contributed by atoms with E-state index in [2.05, 4.69) is 10.2 Å². The van der Waals surface area contributed by atoms with Crippen LogP contribution in [0.4, 0.5) is 13.2 Å². The van der Waals surface area contributed by atoms with Crippen LogP contribution in [0.2, 0.25) is 10.0 Å². The van der Waals surface area contributed by atoms with Crippen LogP contribution >= 0.6 is 23.2 Å². The van der Waals surface area contributed by atoms with Crippen molar-refractivity contribution >= 4 is 35.0 Å². The van der Waals surface area contributed by atoms with Gasteiger partial charge >= 0.3 is 6.18 Å². The van der Waals surface area contributed by atoms with Gasteiger partial charge in [0.15, 0.2) is 0 Å². The van der Waals surface area contributed by atoms with Crippen molar-refractivity contribution in [2.75, 3.05) is 6.54 Å². The van der Waals surface area contributed by atoms with Crippen LogP contribution in [-0.2, 0) is 32.6 Å². The molecule has 13 heteroatoms. The summed E-state index contributed by atoms with van der Waals surface area (Å²) in [6.07, 6.45) is -2.65. The zero-order valence-electron chi connectivity index (χ0n) is 19.1. The Balaban J connectivity index is 1.37. The number of rotatable bonds is 4. The summed E-state index contributed by atoms with van der Waals surface area (Å²) in [6, 6.07) is 6.01. The van der Waals surface area contributed by atoms with E-state index in [-0.39, 0.29) is 36.0 Å². The molecule has 0 N–H and O–H groups in total. The van der Waals surface area contributed by atoms with Gasteiger partial charge in [0.2, 0.25) is 0 Å². The van der Waals surface area contributed by atoms with Crippen LogP contribution in [0.5, 0.6) is 0 Å². The summed E-state index contributed by atoms with van der Waals surface area (Å²) in [5, 5.41) is 9.20. The average molecular weight is 541 g/mol. The quantitative estimate of drug-likeness (QED) is 0.497. The van der Waals surface area contributed by atoms with Gasteiger partial charge in [0.1, 0.15) is 12.2 Å². The Bertz CT molecular complexity index is 1350. The van der Waals surface area contributed by atoms with Crippen LogP contribution in [0, 0.1) is 0 Å². The maximum atomic E-state index is 13.4. The molecule has 0 fully saturated rings. The highest BCUT2D eigenvalue weighted by atomic mass is 35.5. The molecule has 0 unspecified atom stereocenters. The second-order valence-corrected chi connectivity index (χ2v) is 9.77. The van der Waals surface area contributed by atoms with Crippen LogP contribution in [0.25, 0.3) is 0 Å². The van der Waals surface area contributed by atoms with Crippen molar-refractivity contribution in [3.63, 3.8) is 0 Å². The number of hydrogen-bond acceptors (Lipinski definition) is 4. The minimum atomic E-state index is -4.38. The number of carbonyl (C=O) groups is 2. The summed E-state index contributed by atoms with van der Waals surface area (Å²) in [5.41, 5.74) is 2.59. The van der Waals surface area contributed by atoms with E-state index in [9.17, 15) is 22.8 Å². The predicted octanol–water partition coefficient (Wildman–Crippen LogP) is 4.19. The number of carbonyl (C=O) groups excluding carboxylic acids is 2. The lowest BCUT2D eigenvalue weighted by atomic mass is 9.97. The Kier molecular flexibility index (Phi) is 6.24.